The number of amides is 2. The van der Waals surface area contributed by atoms with E-state index in [9.17, 15) is 9.59 Å². The predicted octanol–water partition coefficient (Wildman–Crippen LogP) is -8.12. The van der Waals surface area contributed by atoms with Gasteiger partial charge in [0.1, 0.15) is 0 Å². The van der Waals surface area contributed by atoms with E-state index in [-0.39, 0.29) is 36.0 Å². The predicted molar refractivity (Wildman–Crippen MR) is 194 cm³/mol. The van der Waals surface area contributed by atoms with E-state index in [2.05, 4.69) is 63.0 Å². The van der Waals surface area contributed by atoms with E-state index in [1.165, 1.54) is 0 Å². The molecule has 0 aromatic heterocycles. The van der Waals surface area contributed by atoms with Gasteiger partial charge in [-0.15, -0.1) is 0 Å². The highest BCUT2D eigenvalue weighted by atomic mass is 16.2. The minimum Gasteiger partial charge on any atom is -0.354 e. The summed E-state index contributed by atoms with van der Waals surface area (Å²) in [7, 11) is 0. The number of nitrogens with one attached hydrogen (secondary N) is 10. The molecule has 0 aromatic rings. The molecule has 282 valence electrons. The highest BCUT2D eigenvalue weighted by Gasteiger charge is 2.32. The third-order valence-electron chi connectivity index (χ3n) is 8.75. The van der Waals surface area contributed by atoms with Crippen LogP contribution in [0.4, 0.5) is 0 Å². The van der Waals surface area contributed by atoms with Crippen LogP contribution in [0.2, 0.25) is 0 Å². The van der Waals surface area contributed by atoms with Gasteiger partial charge in [0.05, 0.1) is 24.2 Å². The number of rotatable bonds is 20. The van der Waals surface area contributed by atoms with Crippen molar-refractivity contribution in [3.8, 4) is 0 Å². The topological polar surface area (TPSA) is 265 Å². The molecule has 2 amide bonds. The Morgan fingerprint density at radius 1 is 0.479 bits per heavy atom. The summed E-state index contributed by atoms with van der Waals surface area (Å²) in [6, 6.07) is 0. The molecule has 18 heteroatoms. The van der Waals surface area contributed by atoms with Crippen molar-refractivity contribution in [2.75, 3.05) is 170 Å². The van der Waals surface area contributed by atoms with Gasteiger partial charge in [0.25, 0.3) is 0 Å². The molecule has 18 nitrogen and oxygen atoms in total. The smallest absolute Gasteiger partial charge is 0.234 e. The molecule has 3 aliphatic rings. The fraction of sp³-hybridized carbons (Fsp3) is 0.933. The first-order valence-corrected chi connectivity index (χ1v) is 17.9. The van der Waals surface area contributed by atoms with E-state index in [0.717, 1.165) is 78.5 Å². The summed E-state index contributed by atoms with van der Waals surface area (Å²) in [4.78, 5) is 30.0. The Morgan fingerprint density at radius 3 is 1.00 bits per heavy atom. The molecule has 0 unspecified atom stereocenters. The Labute approximate surface area is 288 Å². The van der Waals surface area contributed by atoms with Gasteiger partial charge in [0.2, 0.25) is 11.8 Å². The third kappa shape index (κ3) is 18.4. The molecule has 0 aromatic carbocycles. The molecule has 48 heavy (non-hydrogen) atoms. The second-order valence-electron chi connectivity index (χ2n) is 12.9. The molecule has 3 saturated heterocycles. The van der Waals surface area contributed by atoms with Gasteiger partial charge >= 0.3 is 0 Å². The van der Waals surface area contributed by atoms with Crippen LogP contribution >= 0.6 is 0 Å². The van der Waals surface area contributed by atoms with Crippen LogP contribution in [-0.4, -0.2) is 203 Å². The fourth-order valence-corrected chi connectivity index (χ4v) is 6.01. The zero-order chi connectivity index (χ0) is 34.8. The van der Waals surface area contributed by atoms with Gasteiger partial charge in [-0.25, -0.2) is 0 Å². The summed E-state index contributed by atoms with van der Waals surface area (Å²) >= 11 is 0. The molecule has 0 spiro atoms. The summed E-state index contributed by atoms with van der Waals surface area (Å²) in [6.07, 6.45) is 0. The van der Waals surface area contributed by atoms with Crippen LogP contribution in [0.15, 0.2) is 0 Å². The van der Waals surface area contributed by atoms with Crippen LogP contribution in [0.5, 0.6) is 0 Å². The van der Waals surface area contributed by atoms with Crippen molar-refractivity contribution in [3.05, 3.63) is 0 Å². The van der Waals surface area contributed by atoms with Crippen LogP contribution in [0.25, 0.3) is 0 Å². The number of nitrogens with zero attached hydrogens (tertiary/aromatic N) is 2. The Balaban J connectivity index is 1.95. The van der Waals surface area contributed by atoms with Crippen LogP contribution in [0.1, 0.15) is 0 Å². The molecule has 0 radical (unpaired) electrons. The second kappa shape index (κ2) is 26.2. The highest BCUT2D eigenvalue weighted by Crippen LogP contribution is 2.05. The van der Waals surface area contributed by atoms with Gasteiger partial charge in [-0.3, -0.25) is 30.0 Å². The van der Waals surface area contributed by atoms with Gasteiger partial charge in [-0.1, -0.05) is 0 Å². The number of hydrogen-bond donors (Lipinski definition) is 14. The van der Waals surface area contributed by atoms with Gasteiger partial charge in [-0.2, -0.15) is 0 Å². The Bertz CT molecular complexity index is 719. The lowest BCUT2D eigenvalue weighted by molar-refractivity contribution is -0.121. The molecular formula is C30H70N16O2. The molecule has 3 rings (SSSR count). The van der Waals surface area contributed by atoms with E-state index >= 15 is 0 Å². The lowest BCUT2D eigenvalue weighted by Crippen LogP contribution is -2.68. The number of carbonyl (C=O) groups excluding carboxylic acids is 2. The number of nitrogens with two attached hydrogens (primary N) is 4. The van der Waals surface area contributed by atoms with E-state index in [4.69, 9.17) is 22.9 Å². The summed E-state index contributed by atoms with van der Waals surface area (Å²) in [5, 5.41) is 34.9. The first-order valence-electron chi connectivity index (χ1n) is 17.9. The van der Waals surface area contributed by atoms with E-state index in [1.807, 2.05) is 0 Å². The Hall–Kier alpha value is -1.62. The van der Waals surface area contributed by atoms with Crippen molar-refractivity contribution in [2.24, 2.45) is 22.9 Å². The Kier molecular flexibility index (Phi) is 23.2. The van der Waals surface area contributed by atoms with Gasteiger partial charge < -0.3 is 65.5 Å². The number of fused-ring (bicyclic) bond motifs is 15. The van der Waals surface area contributed by atoms with Crippen molar-refractivity contribution in [2.45, 2.75) is 11.1 Å². The lowest BCUT2D eigenvalue weighted by atomic mass is 9.97. The summed E-state index contributed by atoms with van der Waals surface area (Å²) in [6.45, 7) is 16.9. The zero-order valence-electron chi connectivity index (χ0n) is 29.4. The maximum atomic E-state index is 12.8. The molecule has 3 fully saturated rings. The van der Waals surface area contributed by atoms with Crippen LogP contribution in [0.3, 0.4) is 0 Å². The van der Waals surface area contributed by atoms with Crippen LogP contribution in [0, 0.1) is 0 Å². The van der Waals surface area contributed by atoms with Gasteiger partial charge in [-0.05, 0) is 0 Å². The standard InChI is InChI=1S/C30H70N16O2/c31-1-13-45(14-2-32)17-11-41-27(47)19-43-29-21-35-5-8-38-24-30(25-39-9-6-36-22-29,26-40-10-7-37-23-29)44-20-28(48)42-12-18-46(15-3-33)16-4-34/h35-40,43-44H,1-26,31-34H2,(H,41,47)(H,42,48). The van der Waals surface area contributed by atoms with E-state index < -0.39 is 0 Å². The first kappa shape index (κ1) is 42.5. The highest BCUT2D eigenvalue weighted by molar-refractivity contribution is 5.78. The molecule has 3 aliphatic heterocycles. The monoisotopic (exact) mass is 687 g/mol. The summed E-state index contributed by atoms with van der Waals surface area (Å²) in [5.41, 5.74) is 22.1. The number of hydrogen-bond acceptors (Lipinski definition) is 16. The van der Waals surface area contributed by atoms with Gasteiger partial charge in [0, 0.05) is 157 Å². The zero-order valence-corrected chi connectivity index (χ0v) is 29.4. The second-order valence-corrected chi connectivity index (χ2v) is 12.9. The molecule has 3 heterocycles. The largest absolute Gasteiger partial charge is 0.354 e. The van der Waals surface area contributed by atoms with Crippen LogP contribution in [-0.2, 0) is 9.59 Å². The fourth-order valence-electron chi connectivity index (χ4n) is 6.01. The van der Waals surface area contributed by atoms with Crippen molar-refractivity contribution in [1.29, 1.82) is 0 Å². The summed E-state index contributed by atoms with van der Waals surface area (Å²) in [5.74, 6) is -0.0716. The SMILES string of the molecule is NCCN(CCN)CCNC(=O)CNC12CNCCNCC(NCC(=O)NCCN(CCN)CCN)(CNCCNC1)CNCCNC2. The maximum absolute atomic E-state index is 12.8. The molecule has 0 atom stereocenters. The average molecular weight is 687 g/mol. The third-order valence-corrected chi connectivity index (χ3v) is 8.75. The average Bonchev–Trinajstić information content (AvgIpc) is 3.07. The minimum absolute atomic E-state index is 0.0358. The number of carbonyl (C=O) groups is 2. The first-order chi connectivity index (χ1) is 23.4. The van der Waals surface area contributed by atoms with Crippen molar-refractivity contribution in [3.63, 3.8) is 0 Å². The summed E-state index contributed by atoms with van der Waals surface area (Å²) < 4.78 is 0. The minimum atomic E-state index is -0.374. The van der Waals surface area contributed by atoms with Gasteiger partial charge in [0.15, 0.2) is 0 Å². The normalized spacial score (nSPS) is 23.5. The van der Waals surface area contributed by atoms with Crippen molar-refractivity contribution >= 4 is 11.8 Å². The van der Waals surface area contributed by atoms with Crippen LogP contribution < -0.4 is 76.1 Å². The molecule has 0 aliphatic carbocycles. The molecule has 0 saturated carbocycles. The lowest BCUT2D eigenvalue weighted by Gasteiger charge is -2.39. The Morgan fingerprint density at radius 2 is 0.750 bits per heavy atom. The van der Waals surface area contributed by atoms with Crippen molar-refractivity contribution in [1.82, 2.24) is 63.0 Å². The molecule has 18 N–H and O–H groups in total. The molecule has 2 bridgehead atoms. The van der Waals surface area contributed by atoms with E-state index in [0.29, 0.717) is 78.5 Å². The van der Waals surface area contributed by atoms with Crippen molar-refractivity contribution < 1.29 is 9.59 Å². The van der Waals surface area contributed by atoms with E-state index in [1.54, 1.807) is 0 Å². The quantitative estimate of drug-likeness (QED) is 0.0567. The molecular weight excluding hydrogens is 616 g/mol. The maximum Gasteiger partial charge on any atom is 0.234 e.